The highest BCUT2D eigenvalue weighted by molar-refractivity contribution is 9.10. The number of rotatable bonds is 4. The highest BCUT2D eigenvalue weighted by atomic mass is 79.9. The fourth-order valence-corrected chi connectivity index (χ4v) is 2.55. The minimum absolute atomic E-state index is 0.305. The molecule has 120 valence electrons. The SMILES string of the molecule is O=C(Nc1cccc(Br)c1)c1cccnc1Nc1cccc(F)c1. The lowest BCUT2D eigenvalue weighted by atomic mass is 10.2. The summed E-state index contributed by atoms with van der Waals surface area (Å²) in [5.41, 5.74) is 1.54. The van der Waals surface area contributed by atoms with E-state index in [1.165, 1.54) is 12.1 Å². The molecule has 1 heterocycles. The topological polar surface area (TPSA) is 54.0 Å². The van der Waals surface area contributed by atoms with Gasteiger partial charge in [-0.25, -0.2) is 9.37 Å². The number of benzene rings is 2. The van der Waals surface area contributed by atoms with Crippen LogP contribution in [0.4, 0.5) is 21.6 Å². The number of amides is 1. The van der Waals surface area contributed by atoms with Gasteiger partial charge in [0.25, 0.3) is 5.91 Å². The van der Waals surface area contributed by atoms with Crippen molar-refractivity contribution in [3.63, 3.8) is 0 Å². The van der Waals surface area contributed by atoms with Crippen LogP contribution in [0.1, 0.15) is 10.4 Å². The van der Waals surface area contributed by atoms with Crippen molar-refractivity contribution in [3.8, 4) is 0 Å². The quantitative estimate of drug-likeness (QED) is 0.665. The van der Waals surface area contributed by atoms with Gasteiger partial charge in [-0.1, -0.05) is 28.1 Å². The first-order valence-corrected chi connectivity index (χ1v) is 7.95. The van der Waals surface area contributed by atoms with E-state index in [0.29, 0.717) is 22.8 Å². The summed E-state index contributed by atoms with van der Waals surface area (Å²) in [5, 5.41) is 5.78. The first kappa shape index (κ1) is 16.1. The Hall–Kier alpha value is -2.73. The number of hydrogen-bond donors (Lipinski definition) is 2. The number of aromatic nitrogens is 1. The molecule has 4 nitrogen and oxygen atoms in total. The molecule has 0 aliphatic carbocycles. The predicted molar refractivity (Wildman–Crippen MR) is 96.0 cm³/mol. The third-order valence-electron chi connectivity index (χ3n) is 3.22. The van der Waals surface area contributed by atoms with Gasteiger partial charge in [0.2, 0.25) is 0 Å². The number of halogens is 2. The van der Waals surface area contributed by atoms with Gasteiger partial charge in [-0.2, -0.15) is 0 Å². The highest BCUT2D eigenvalue weighted by Crippen LogP contribution is 2.21. The van der Waals surface area contributed by atoms with Gasteiger partial charge in [-0.05, 0) is 48.5 Å². The van der Waals surface area contributed by atoms with E-state index in [9.17, 15) is 9.18 Å². The smallest absolute Gasteiger partial charge is 0.259 e. The zero-order valence-corrected chi connectivity index (χ0v) is 14.0. The number of carbonyl (C=O) groups is 1. The van der Waals surface area contributed by atoms with Crippen LogP contribution < -0.4 is 10.6 Å². The van der Waals surface area contributed by atoms with Crippen LogP contribution in [0.5, 0.6) is 0 Å². The molecule has 2 N–H and O–H groups in total. The van der Waals surface area contributed by atoms with Crippen molar-refractivity contribution in [1.29, 1.82) is 0 Å². The van der Waals surface area contributed by atoms with Crippen molar-refractivity contribution in [3.05, 3.63) is 82.7 Å². The van der Waals surface area contributed by atoms with Gasteiger partial charge in [0.1, 0.15) is 11.6 Å². The van der Waals surface area contributed by atoms with Gasteiger partial charge in [0.05, 0.1) is 5.56 Å². The molecule has 0 spiro atoms. The van der Waals surface area contributed by atoms with Gasteiger partial charge >= 0.3 is 0 Å². The van der Waals surface area contributed by atoms with E-state index in [0.717, 1.165) is 4.47 Å². The second-order valence-electron chi connectivity index (χ2n) is 5.00. The van der Waals surface area contributed by atoms with Gasteiger partial charge in [-0.15, -0.1) is 0 Å². The van der Waals surface area contributed by atoms with E-state index in [-0.39, 0.29) is 11.7 Å². The maximum absolute atomic E-state index is 13.3. The average molecular weight is 386 g/mol. The zero-order chi connectivity index (χ0) is 16.9. The summed E-state index contributed by atoms with van der Waals surface area (Å²) in [6.07, 6.45) is 1.57. The Morgan fingerprint density at radius 3 is 2.58 bits per heavy atom. The molecule has 2 aromatic carbocycles. The van der Waals surface area contributed by atoms with Gasteiger partial charge in [0, 0.05) is 22.0 Å². The van der Waals surface area contributed by atoms with Crippen molar-refractivity contribution in [2.75, 3.05) is 10.6 Å². The lowest BCUT2D eigenvalue weighted by Gasteiger charge is -2.11. The van der Waals surface area contributed by atoms with Crippen LogP contribution in [-0.4, -0.2) is 10.9 Å². The largest absolute Gasteiger partial charge is 0.339 e. The molecule has 6 heteroatoms. The number of pyridine rings is 1. The number of anilines is 3. The lowest BCUT2D eigenvalue weighted by Crippen LogP contribution is -2.14. The fraction of sp³-hybridized carbons (Fsp3) is 0. The van der Waals surface area contributed by atoms with E-state index in [1.54, 1.807) is 42.6 Å². The van der Waals surface area contributed by atoms with Crippen LogP contribution in [0.2, 0.25) is 0 Å². The molecule has 1 amide bonds. The molecule has 3 rings (SSSR count). The van der Waals surface area contributed by atoms with Crippen LogP contribution in [0, 0.1) is 5.82 Å². The molecule has 0 saturated heterocycles. The van der Waals surface area contributed by atoms with E-state index in [2.05, 4.69) is 31.5 Å². The van der Waals surface area contributed by atoms with E-state index >= 15 is 0 Å². The number of hydrogen-bond acceptors (Lipinski definition) is 3. The summed E-state index contributed by atoms with van der Waals surface area (Å²) in [6, 6.07) is 16.6. The molecular formula is C18H13BrFN3O. The first-order chi connectivity index (χ1) is 11.6. The van der Waals surface area contributed by atoms with Crippen molar-refractivity contribution in [2.24, 2.45) is 0 Å². The van der Waals surface area contributed by atoms with Gasteiger partial charge in [0.15, 0.2) is 0 Å². The van der Waals surface area contributed by atoms with Crippen molar-refractivity contribution in [2.45, 2.75) is 0 Å². The maximum atomic E-state index is 13.3. The van der Waals surface area contributed by atoms with E-state index in [4.69, 9.17) is 0 Å². The molecule has 0 aliphatic heterocycles. The Morgan fingerprint density at radius 1 is 1.00 bits per heavy atom. The minimum Gasteiger partial charge on any atom is -0.339 e. The van der Waals surface area contributed by atoms with E-state index < -0.39 is 0 Å². The molecule has 3 aromatic rings. The van der Waals surface area contributed by atoms with Crippen LogP contribution in [0.25, 0.3) is 0 Å². The van der Waals surface area contributed by atoms with Crippen LogP contribution in [0.15, 0.2) is 71.3 Å². The van der Waals surface area contributed by atoms with Crippen LogP contribution in [-0.2, 0) is 0 Å². The molecule has 1 aromatic heterocycles. The molecule has 0 unspecified atom stereocenters. The maximum Gasteiger partial charge on any atom is 0.259 e. The minimum atomic E-state index is -0.365. The average Bonchev–Trinajstić information content (AvgIpc) is 2.55. The van der Waals surface area contributed by atoms with Crippen molar-refractivity contribution >= 4 is 39.0 Å². The predicted octanol–water partition coefficient (Wildman–Crippen LogP) is 4.98. The summed E-state index contributed by atoms with van der Waals surface area (Å²) in [5.74, 6) is -0.313. The highest BCUT2D eigenvalue weighted by Gasteiger charge is 2.13. The molecule has 0 bridgehead atoms. The van der Waals surface area contributed by atoms with Gasteiger partial charge < -0.3 is 10.6 Å². The van der Waals surface area contributed by atoms with Crippen LogP contribution in [0.3, 0.4) is 0 Å². The van der Waals surface area contributed by atoms with Gasteiger partial charge in [-0.3, -0.25) is 4.79 Å². The molecule has 24 heavy (non-hydrogen) atoms. The molecule has 0 saturated carbocycles. The Bertz CT molecular complexity index is 885. The molecule has 0 fully saturated rings. The Morgan fingerprint density at radius 2 is 1.79 bits per heavy atom. The standard InChI is InChI=1S/C18H13BrFN3O/c19-12-4-1-6-14(10-12)23-18(24)16-8-3-9-21-17(16)22-15-7-2-5-13(20)11-15/h1-11H,(H,21,22)(H,23,24). The molecule has 0 aliphatic rings. The Labute approximate surface area is 146 Å². The number of nitrogens with one attached hydrogen (secondary N) is 2. The Balaban J connectivity index is 1.84. The molecular weight excluding hydrogens is 373 g/mol. The summed E-state index contributed by atoms with van der Waals surface area (Å²) < 4.78 is 14.2. The summed E-state index contributed by atoms with van der Waals surface area (Å²) >= 11 is 3.36. The van der Waals surface area contributed by atoms with Crippen molar-refractivity contribution in [1.82, 2.24) is 4.98 Å². The second-order valence-corrected chi connectivity index (χ2v) is 5.92. The fourth-order valence-electron chi connectivity index (χ4n) is 2.16. The molecule has 0 atom stereocenters. The first-order valence-electron chi connectivity index (χ1n) is 7.16. The number of carbonyl (C=O) groups excluding carboxylic acids is 1. The number of nitrogens with zero attached hydrogens (tertiary/aromatic N) is 1. The molecule has 0 radical (unpaired) electrons. The normalized spacial score (nSPS) is 10.2. The van der Waals surface area contributed by atoms with E-state index in [1.807, 2.05) is 12.1 Å². The second kappa shape index (κ2) is 7.23. The zero-order valence-electron chi connectivity index (χ0n) is 12.5. The van der Waals surface area contributed by atoms with Crippen molar-refractivity contribution < 1.29 is 9.18 Å². The monoisotopic (exact) mass is 385 g/mol. The summed E-state index contributed by atoms with van der Waals surface area (Å²) in [7, 11) is 0. The summed E-state index contributed by atoms with van der Waals surface area (Å²) in [6.45, 7) is 0. The lowest BCUT2D eigenvalue weighted by molar-refractivity contribution is 0.102. The third-order valence-corrected chi connectivity index (χ3v) is 3.72. The third kappa shape index (κ3) is 3.97. The Kier molecular flexibility index (Phi) is 4.86. The summed E-state index contributed by atoms with van der Waals surface area (Å²) in [4.78, 5) is 16.7. The van der Waals surface area contributed by atoms with Crippen LogP contribution >= 0.6 is 15.9 Å².